The topological polar surface area (TPSA) is 29.5 Å². The minimum Gasteiger partial charge on any atom is -0.375 e. The summed E-state index contributed by atoms with van der Waals surface area (Å²) in [6, 6.07) is 2.42. The van der Waals surface area contributed by atoms with Crippen LogP contribution in [-0.2, 0) is 4.74 Å². The second-order valence-electron chi connectivity index (χ2n) is 4.15. The molecule has 1 aromatic carbocycles. The molecular weight excluding hydrogens is 355 g/mol. The summed E-state index contributed by atoms with van der Waals surface area (Å²) in [6.07, 6.45) is -0.114. The molecule has 6 heteroatoms. The molecule has 0 saturated carbocycles. The Labute approximate surface area is 117 Å². The van der Waals surface area contributed by atoms with E-state index in [1.165, 1.54) is 11.0 Å². The van der Waals surface area contributed by atoms with E-state index >= 15 is 0 Å². The van der Waals surface area contributed by atoms with Gasteiger partial charge < -0.3 is 9.64 Å². The quantitative estimate of drug-likeness (QED) is 0.564. The van der Waals surface area contributed by atoms with Crippen molar-refractivity contribution in [3.8, 4) is 0 Å². The maximum absolute atomic E-state index is 13.8. The molecule has 1 atom stereocenters. The molecule has 0 aromatic heterocycles. The summed E-state index contributed by atoms with van der Waals surface area (Å²) < 4.78 is 33.0. The van der Waals surface area contributed by atoms with Crippen LogP contribution in [-0.4, -0.2) is 36.6 Å². The molecule has 0 N–H and O–H groups in total. The zero-order valence-electron chi connectivity index (χ0n) is 9.75. The lowest BCUT2D eigenvalue weighted by Crippen LogP contribution is -2.45. The molecule has 18 heavy (non-hydrogen) atoms. The van der Waals surface area contributed by atoms with Gasteiger partial charge in [-0.1, -0.05) is 0 Å². The highest BCUT2D eigenvalue weighted by atomic mass is 127. The maximum Gasteiger partial charge on any atom is 0.260 e. The average Bonchev–Trinajstić information content (AvgIpc) is 2.34. The van der Waals surface area contributed by atoms with Gasteiger partial charge in [-0.2, -0.15) is 0 Å². The molecule has 0 aliphatic carbocycles. The Kier molecular flexibility index (Phi) is 4.16. The van der Waals surface area contributed by atoms with E-state index in [4.69, 9.17) is 4.74 Å². The lowest BCUT2D eigenvalue weighted by molar-refractivity contribution is -0.0127. The van der Waals surface area contributed by atoms with Gasteiger partial charge >= 0.3 is 0 Å². The predicted octanol–water partition coefficient (Wildman–Crippen LogP) is 2.43. The van der Waals surface area contributed by atoms with Crippen molar-refractivity contribution in [2.75, 3.05) is 19.7 Å². The summed E-state index contributed by atoms with van der Waals surface area (Å²) in [4.78, 5) is 13.5. The Morgan fingerprint density at radius 1 is 1.50 bits per heavy atom. The fourth-order valence-electron chi connectivity index (χ4n) is 1.88. The van der Waals surface area contributed by atoms with Crippen LogP contribution in [0, 0.1) is 15.2 Å². The van der Waals surface area contributed by atoms with E-state index in [2.05, 4.69) is 0 Å². The Morgan fingerprint density at radius 2 is 2.22 bits per heavy atom. The third-order valence-electron chi connectivity index (χ3n) is 2.79. The minimum atomic E-state index is -0.822. The number of amides is 1. The molecule has 0 bridgehead atoms. The number of morpholine rings is 1. The van der Waals surface area contributed by atoms with Crippen LogP contribution in [0.4, 0.5) is 8.78 Å². The second kappa shape index (κ2) is 5.48. The number of carbonyl (C=O) groups is 1. The first kappa shape index (κ1) is 13.7. The van der Waals surface area contributed by atoms with Gasteiger partial charge in [0.1, 0.15) is 11.4 Å². The van der Waals surface area contributed by atoms with Crippen molar-refractivity contribution in [1.29, 1.82) is 0 Å². The van der Waals surface area contributed by atoms with Crippen LogP contribution in [0.3, 0.4) is 0 Å². The zero-order valence-corrected chi connectivity index (χ0v) is 11.9. The number of hydrogen-bond acceptors (Lipinski definition) is 2. The van der Waals surface area contributed by atoms with Crippen LogP contribution < -0.4 is 0 Å². The van der Waals surface area contributed by atoms with Gasteiger partial charge in [0.25, 0.3) is 5.91 Å². The number of ether oxygens (including phenoxy) is 1. The lowest BCUT2D eigenvalue weighted by atomic mass is 10.1. The van der Waals surface area contributed by atoms with Gasteiger partial charge in [-0.25, -0.2) is 8.78 Å². The SMILES string of the molecule is C[C@H]1CN(C(=O)c2c(F)ccc(I)c2F)CCO1. The van der Waals surface area contributed by atoms with Crippen LogP contribution in [0.2, 0.25) is 0 Å². The van der Waals surface area contributed by atoms with Gasteiger partial charge in [-0.3, -0.25) is 4.79 Å². The monoisotopic (exact) mass is 367 g/mol. The zero-order chi connectivity index (χ0) is 13.3. The summed E-state index contributed by atoms with van der Waals surface area (Å²) in [5.74, 6) is -2.23. The number of hydrogen-bond donors (Lipinski definition) is 0. The third kappa shape index (κ3) is 2.64. The predicted molar refractivity (Wildman–Crippen MR) is 70.4 cm³/mol. The van der Waals surface area contributed by atoms with Gasteiger partial charge in [0.05, 0.1) is 12.7 Å². The molecular formula is C12H12F2INO2. The molecule has 98 valence electrons. The number of nitrogens with zero attached hydrogens (tertiary/aromatic N) is 1. The molecule has 1 aromatic rings. The molecule has 1 heterocycles. The van der Waals surface area contributed by atoms with Crippen molar-refractivity contribution in [3.63, 3.8) is 0 Å². The van der Waals surface area contributed by atoms with Gasteiger partial charge in [0.15, 0.2) is 5.82 Å². The van der Waals surface area contributed by atoms with E-state index < -0.39 is 23.1 Å². The molecule has 1 saturated heterocycles. The first-order chi connectivity index (χ1) is 8.50. The summed E-state index contributed by atoms with van der Waals surface area (Å²) >= 11 is 1.74. The fourth-order valence-corrected chi connectivity index (χ4v) is 2.33. The van der Waals surface area contributed by atoms with Crippen molar-refractivity contribution in [2.24, 2.45) is 0 Å². The number of rotatable bonds is 1. The molecule has 0 radical (unpaired) electrons. The van der Waals surface area contributed by atoms with Crippen molar-refractivity contribution in [1.82, 2.24) is 4.90 Å². The van der Waals surface area contributed by atoms with Crippen LogP contribution in [0.5, 0.6) is 0 Å². The summed E-state index contributed by atoms with van der Waals surface area (Å²) in [5, 5.41) is 0. The van der Waals surface area contributed by atoms with Crippen LogP contribution in [0.25, 0.3) is 0 Å². The van der Waals surface area contributed by atoms with Crippen molar-refractivity contribution in [2.45, 2.75) is 13.0 Å². The van der Waals surface area contributed by atoms with Crippen molar-refractivity contribution < 1.29 is 18.3 Å². The van der Waals surface area contributed by atoms with Crippen LogP contribution in [0.1, 0.15) is 17.3 Å². The summed E-state index contributed by atoms with van der Waals surface area (Å²) in [5.41, 5.74) is -0.476. The smallest absolute Gasteiger partial charge is 0.260 e. The molecule has 1 aliphatic heterocycles. The molecule has 1 aliphatic rings. The Balaban J connectivity index is 2.31. The molecule has 2 rings (SSSR count). The number of halogens is 3. The van der Waals surface area contributed by atoms with Gasteiger partial charge in [-0.05, 0) is 41.6 Å². The second-order valence-corrected chi connectivity index (χ2v) is 5.31. The van der Waals surface area contributed by atoms with Crippen LogP contribution >= 0.6 is 22.6 Å². The normalized spacial score (nSPS) is 20.0. The Hall–Kier alpha value is -0.760. The minimum absolute atomic E-state index is 0.114. The molecule has 3 nitrogen and oxygen atoms in total. The lowest BCUT2D eigenvalue weighted by Gasteiger charge is -2.31. The van der Waals surface area contributed by atoms with E-state index in [0.717, 1.165) is 6.07 Å². The molecule has 1 fully saturated rings. The number of carbonyl (C=O) groups excluding carboxylic acids is 1. The van der Waals surface area contributed by atoms with E-state index in [9.17, 15) is 13.6 Å². The van der Waals surface area contributed by atoms with Crippen LogP contribution in [0.15, 0.2) is 12.1 Å². The van der Waals surface area contributed by atoms with E-state index in [-0.39, 0.29) is 9.67 Å². The van der Waals surface area contributed by atoms with Gasteiger partial charge in [0, 0.05) is 16.7 Å². The van der Waals surface area contributed by atoms with Crippen molar-refractivity contribution in [3.05, 3.63) is 32.9 Å². The highest BCUT2D eigenvalue weighted by Crippen LogP contribution is 2.21. The highest BCUT2D eigenvalue weighted by molar-refractivity contribution is 14.1. The molecule has 0 unspecified atom stereocenters. The van der Waals surface area contributed by atoms with Gasteiger partial charge in [0.2, 0.25) is 0 Å². The Bertz CT molecular complexity index is 481. The molecule has 1 amide bonds. The summed E-state index contributed by atoms with van der Waals surface area (Å²) in [7, 11) is 0. The standard InChI is InChI=1S/C12H12F2INO2/c1-7-6-16(4-5-18-7)12(17)10-8(13)2-3-9(15)11(10)14/h2-3,7H,4-6H2,1H3/t7-/m0/s1. The first-order valence-electron chi connectivity index (χ1n) is 5.55. The Morgan fingerprint density at radius 3 is 2.89 bits per heavy atom. The van der Waals surface area contributed by atoms with E-state index in [0.29, 0.717) is 19.7 Å². The van der Waals surface area contributed by atoms with E-state index in [1.807, 2.05) is 6.92 Å². The van der Waals surface area contributed by atoms with E-state index in [1.54, 1.807) is 22.6 Å². The number of benzene rings is 1. The fraction of sp³-hybridized carbons (Fsp3) is 0.417. The van der Waals surface area contributed by atoms with Crippen molar-refractivity contribution >= 4 is 28.5 Å². The summed E-state index contributed by atoms with van der Waals surface area (Å²) in [6.45, 7) is 2.91. The highest BCUT2D eigenvalue weighted by Gasteiger charge is 2.27. The maximum atomic E-state index is 13.8. The first-order valence-corrected chi connectivity index (χ1v) is 6.63. The molecule has 0 spiro atoms. The van der Waals surface area contributed by atoms with Gasteiger partial charge in [-0.15, -0.1) is 0 Å². The largest absolute Gasteiger partial charge is 0.375 e. The average molecular weight is 367 g/mol. The third-order valence-corrected chi connectivity index (χ3v) is 3.62.